The highest BCUT2D eigenvalue weighted by Crippen LogP contribution is 2.46. The highest BCUT2D eigenvalue weighted by molar-refractivity contribution is 5.93. The zero-order chi connectivity index (χ0) is 95.4. The monoisotopic (exact) mass is 1830 g/mol. The average molecular weight is 1830 g/mol. The number of halogens is 5. The van der Waals surface area contributed by atoms with Gasteiger partial charge in [-0.2, -0.15) is 0 Å². The predicted molar refractivity (Wildman–Crippen MR) is 530 cm³/mol. The minimum Gasteiger partial charge on any atom is -0.426 e. The topological polar surface area (TPSA) is 132 Å². The van der Waals surface area contributed by atoms with Gasteiger partial charge in [-0.15, -0.1) is 0 Å². The van der Waals surface area contributed by atoms with Gasteiger partial charge in [-0.1, -0.05) is 216 Å². The minimum absolute atomic E-state index is 0.0222. The molecule has 6 fully saturated rings. The summed E-state index contributed by atoms with van der Waals surface area (Å²) in [6, 6.07) is 53.4. The van der Waals surface area contributed by atoms with Crippen LogP contribution in [0, 0.1) is 111 Å². The van der Waals surface area contributed by atoms with Gasteiger partial charge in [0.05, 0.1) is 28.2 Å². The second-order valence-electron chi connectivity index (χ2n) is 39.6. The normalized spacial score (nSPS) is 21.5. The summed E-state index contributed by atoms with van der Waals surface area (Å²) >= 11 is 0. The number of ether oxygens (including phenoxy) is 5. The Hall–Kier alpha value is -10.0. The molecule has 9 aromatic carbocycles. The fourth-order valence-electron chi connectivity index (χ4n) is 20.9. The molecule has 6 saturated carbocycles. The molecule has 0 saturated heterocycles. The standard InChI is InChI=1S/C25H37FO2.C25H31FO2.C24H29FO2.C23H27FO2.C22H25FO2/c2*1-3-4-5-6-19-8-10-20(11-9-19)21-12-14-22(15-13-21)25(27)28-23-16-7-18(2)24(26)17-23;1-3-4-5-18-7-9-19(10-8-18)20-11-13-21(14-12-20)24(26)27-22-15-6-17(2)23(25)16-22;1-3-4-17-6-8-18(9-7-17)19-10-12-20(13-11-19)23(25)26-21-14-5-16(2)22(24)15-21;1-3-16-5-7-17(8-6-16)18-9-11-19(12-10-18)22(24)25-20-13-4-15(2)21(23)14-20/h7,16-17,19-22H,3-6,8-15H2,1-2H3;7,12-17,19-20H,3-6,8-11H2,1-2H3;6,11-16,18-19H,3-5,7-10H2,1-2H3;5,10-15,17-18H,3-4,6-9H2,1-2H3;4,9-14,16-17H,3,5-8H2,1-2H3. The van der Waals surface area contributed by atoms with Crippen LogP contribution in [0.15, 0.2) is 188 Å². The van der Waals surface area contributed by atoms with Crippen molar-refractivity contribution in [2.45, 2.75) is 337 Å². The first-order chi connectivity index (χ1) is 64.8. The van der Waals surface area contributed by atoms with E-state index in [1.54, 1.807) is 95.3 Å². The van der Waals surface area contributed by atoms with Crippen LogP contribution < -0.4 is 23.7 Å². The molecule has 0 heterocycles. The minimum atomic E-state index is -0.454. The Kier molecular flexibility index (Phi) is 42.1. The van der Waals surface area contributed by atoms with E-state index in [1.807, 2.05) is 97.1 Å². The summed E-state index contributed by atoms with van der Waals surface area (Å²) in [4.78, 5) is 61.6. The number of hydrogen-bond donors (Lipinski definition) is 0. The quantitative estimate of drug-likeness (QED) is 0.0193. The molecule has 0 unspecified atom stereocenters. The van der Waals surface area contributed by atoms with E-state index >= 15 is 0 Å². The zero-order valence-corrected chi connectivity index (χ0v) is 81.7. The van der Waals surface area contributed by atoms with E-state index in [1.165, 1.54) is 271 Å². The first kappa shape index (κ1) is 104. The van der Waals surface area contributed by atoms with E-state index < -0.39 is 23.9 Å². The van der Waals surface area contributed by atoms with Crippen LogP contribution in [-0.2, 0) is 4.79 Å². The van der Waals surface area contributed by atoms with Gasteiger partial charge >= 0.3 is 29.8 Å². The molecule has 0 aromatic heterocycles. The number of benzene rings is 9. The number of aryl methyl sites for hydroxylation is 5. The van der Waals surface area contributed by atoms with Gasteiger partial charge in [0.2, 0.25) is 0 Å². The van der Waals surface area contributed by atoms with Crippen LogP contribution in [0.2, 0.25) is 0 Å². The molecule has 9 aromatic rings. The van der Waals surface area contributed by atoms with Crippen molar-refractivity contribution >= 4 is 29.8 Å². The summed E-state index contributed by atoms with van der Waals surface area (Å²) < 4.78 is 94.6. The number of carbonyl (C=O) groups excluding carboxylic acids is 5. The Morgan fingerprint density at radius 2 is 0.478 bits per heavy atom. The van der Waals surface area contributed by atoms with Crippen LogP contribution in [0.5, 0.6) is 28.7 Å². The molecular formula is C119H149F5O10. The Balaban J connectivity index is 0.000000161. The SMILES string of the molecule is CCC1CCC(c2ccc(C(=O)Oc3ccc(C)c(F)c3)cc2)CC1.CCCC1CCC(c2ccc(C(=O)Oc3ccc(C)c(F)c3)cc2)CC1.CCCCC1CCC(c2ccc(C(=O)Oc3ccc(C)c(F)c3)cc2)CC1.CCCCCC1CCC(C2CCC(C(=O)Oc3ccc(C)c(F)c3)CC2)CC1.CCCCCC1CCC(c2ccc(C(=O)Oc3ccc(C)c(F)c3)cc2)CC1. The van der Waals surface area contributed by atoms with Gasteiger partial charge in [0.15, 0.2) is 0 Å². The van der Waals surface area contributed by atoms with Gasteiger partial charge < -0.3 is 23.7 Å². The van der Waals surface area contributed by atoms with E-state index in [9.17, 15) is 45.9 Å². The Morgan fingerprint density at radius 3 is 0.724 bits per heavy atom. The molecule has 0 atom stereocenters. The number of carbonyl (C=O) groups is 5. The van der Waals surface area contributed by atoms with Crippen LogP contribution in [0.25, 0.3) is 0 Å². The van der Waals surface area contributed by atoms with Crippen molar-refractivity contribution in [1.29, 1.82) is 0 Å². The van der Waals surface area contributed by atoms with Gasteiger partial charge in [-0.25, -0.2) is 41.1 Å². The van der Waals surface area contributed by atoms with Crippen LogP contribution in [-0.4, -0.2) is 29.8 Å². The fourth-order valence-corrected chi connectivity index (χ4v) is 20.9. The molecule has 6 aliphatic rings. The maximum Gasteiger partial charge on any atom is 0.343 e. The van der Waals surface area contributed by atoms with Crippen molar-refractivity contribution in [3.8, 4) is 28.7 Å². The van der Waals surface area contributed by atoms with Crippen molar-refractivity contribution in [3.63, 3.8) is 0 Å². The molecule has 720 valence electrons. The van der Waals surface area contributed by atoms with E-state index in [2.05, 4.69) is 34.6 Å². The largest absolute Gasteiger partial charge is 0.426 e. The molecule has 0 spiro atoms. The van der Waals surface area contributed by atoms with Crippen LogP contribution in [0.4, 0.5) is 22.0 Å². The molecular weight excluding hydrogens is 1680 g/mol. The molecule has 0 radical (unpaired) electrons. The molecule has 0 bridgehead atoms. The van der Waals surface area contributed by atoms with Crippen molar-refractivity contribution < 1.29 is 69.6 Å². The Bertz CT molecular complexity index is 5110. The second-order valence-corrected chi connectivity index (χ2v) is 39.6. The smallest absolute Gasteiger partial charge is 0.343 e. The molecule has 10 nitrogen and oxygen atoms in total. The van der Waals surface area contributed by atoms with Gasteiger partial charge in [0.25, 0.3) is 0 Å². The lowest BCUT2D eigenvalue weighted by Crippen LogP contribution is -2.30. The third kappa shape index (κ3) is 32.6. The van der Waals surface area contributed by atoms with Crippen LogP contribution in [0.1, 0.15) is 394 Å². The number of unbranched alkanes of at least 4 members (excludes halogenated alkanes) is 5. The maximum absolute atomic E-state index is 13.7. The van der Waals surface area contributed by atoms with Gasteiger partial charge in [-0.05, 0) is 370 Å². The van der Waals surface area contributed by atoms with Crippen molar-refractivity contribution in [2.75, 3.05) is 0 Å². The first-order valence-electron chi connectivity index (χ1n) is 51.1. The number of esters is 5. The zero-order valence-electron chi connectivity index (χ0n) is 81.7. The summed E-state index contributed by atoms with van der Waals surface area (Å²) in [5.41, 5.74) is 9.89. The number of rotatable bonds is 29. The maximum atomic E-state index is 13.7. The van der Waals surface area contributed by atoms with E-state index in [4.69, 9.17) is 23.7 Å². The van der Waals surface area contributed by atoms with Gasteiger partial charge in [-0.3, -0.25) is 4.79 Å². The van der Waals surface area contributed by atoms with E-state index in [-0.39, 0.29) is 64.0 Å². The van der Waals surface area contributed by atoms with Gasteiger partial charge in [0, 0.05) is 30.3 Å². The van der Waals surface area contributed by atoms with Gasteiger partial charge in [0.1, 0.15) is 57.8 Å². The Labute approximate surface area is 797 Å². The molecule has 0 N–H and O–H groups in total. The average Bonchev–Trinajstić information content (AvgIpc) is 0.847. The van der Waals surface area contributed by atoms with E-state index in [0.29, 0.717) is 79.5 Å². The van der Waals surface area contributed by atoms with E-state index in [0.717, 1.165) is 67.1 Å². The highest BCUT2D eigenvalue weighted by Gasteiger charge is 2.35. The summed E-state index contributed by atoms with van der Waals surface area (Å²) in [7, 11) is 0. The van der Waals surface area contributed by atoms with Crippen LogP contribution in [0.3, 0.4) is 0 Å². The second kappa shape index (κ2) is 54.1. The summed E-state index contributed by atoms with van der Waals surface area (Å²) in [6.07, 6.45) is 48.9. The summed E-state index contributed by atoms with van der Waals surface area (Å²) in [5, 5.41) is 0. The lowest BCUT2D eigenvalue weighted by Gasteiger charge is -2.37. The molecule has 15 rings (SSSR count). The summed E-state index contributed by atoms with van der Waals surface area (Å²) in [6.45, 7) is 19.7. The lowest BCUT2D eigenvalue weighted by molar-refractivity contribution is -0.140. The fraction of sp³-hybridized carbons (Fsp3) is 0.504. The predicted octanol–water partition coefficient (Wildman–Crippen LogP) is 33.7. The first-order valence-corrected chi connectivity index (χ1v) is 51.1. The molecule has 134 heavy (non-hydrogen) atoms. The third-order valence-corrected chi connectivity index (χ3v) is 30.0. The molecule has 6 aliphatic carbocycles. The van der Waals surface area contributed by atoms with Crippen molar-refractivity contribution in [3.05, 3.63) is 289 Å². The lowest BCUT2D eigenvalue weighted by atomic mass is 9.68. The van der Waals surface area contributed by atoms with Crippen molar-refractivity contribution in [1.82, 2.24) is 0 Å². The highest BCUT2D eigenvalue weighted by atomic mass is 19.1. The van der Waals surface area contributed by atoms with Crippen LogP contribution >= 0.6 is 0 Å². The molecule has 0 aliphatic heterocycles. The van der Waals surface area contributed by atoms with Crippen molar-refractivity contribution in [2.24, 2.45) is 47.3 Å². The third-order valence-electron chi connectivity index (χ3n) is 30.0. The molecule has 0 amide bonds. The molecule has 15 heteroatoms. The summed E-state index contributed by atoms with van der Waals surface area (Å²) in [5.74, 6) is 6.01. The Morgan fingerprint density at radius 1 is 0.246 bits per heavy atom. The number of hydrogen-bond acceptors (Lipinski definition) is 10.